The third kappa shape index (κ3) is 1.85. The second kappa shape index (κ2) is 3.71. The van der Waals surface area contributed by atoms with E-state index in [4.69, 9.17) is 0 Å². The summed E-state index contributed by atoms with van der Waals surface area (Å²) < 4.78 is 13.0. The molecule has 0 atom stereocenters. The molecule has 0 radical (unpaired) electrons. The van der Waals surface area contributed by atoms with Crippen molar-refractivity contribution in [3.63, 3.8) is 0 Å². The monoisotopic (exact) mass is 187 g/mol. The van der Waals surface area contributed by atoms with Gasteiger partial charge in [0.25, 0.3) is 0 Å². The Balaban J connectivity index is 3.08. The Bertz CT molecular complexity index is 277. The molecule has 5 heteroatoms. The van der Waals surface area contributed by atoms with Crippen molar-refractivity contribution >= 4 is 17.6 Å². The molecule has 3 nitrogen and oxygen atoms in total. The Morgan fingerprint density at radius 2 is 2.17 bits per heavy atom. The van der Waals surface area contributed by atoms with E-state index in [2.05, 4.69) is 9.97 Å². The van der Waals surface area contributed by atoms with Crippen LogP contribution in [0.5, 0.6) is 0 Å². The maximum Gasteiger partial charge on any atom is 0.189 e. The molecule has 1 aromatic rings. The highest BCUT2D eigenvalue weighted by Crippen LogP contribution is 2.16. The quantitative estimate of drug-likeness (QED) is 0.517. The van der Waals surface area contributed by atoms with Crippen LogP contribution in [0.2, 0.25) is 0 Å². The van der Waals surface area contributed by atoms with E-state index in [-0.39, 0.29) is 0 Å². The fraction of sp³-hybridized carbons (Fsp3) is 0.429. The normalized spacial score (nSPS) is 10.0. The van der Waals surface area contributed by atoms with Crippen molar-refractivity contribution in [2.24, 2.45) is 0 Å². The van der Waals surface area contributed by atoms with E-state index in [0.717, 1.165) is 0 Å². The predicted octanol–water partition coefficient (Wildman–Crippen LogP) is 1.40. The van der Waals surface area contributed by atoms with Gasteiger partial charge in [0.1, 0.15) is 0 Å². The molecule has 66 valence electrons. The van der Waals surface area contributed by atoms with Crippen LogP contribution < -0.4 is 4.90 Å². The smallest absolute Gasteiger partial charge is 0.189 e. The second-order valence-corrected chi connectivity index (χ2v) is 3.20. The Labute approximate surface area is 75.0 Å². The highest BCUT2D eigenvalue weighted by Gasteiger charge is 2.07. The maximum atomic E-state index is 13.0. The largest absolute Gasteiger partial charge is 0.360 e. The van der Waals surface area contributed by atoms with Gasteiger partial charge in [0.2, 0.25) is 0 Å². The fourth-order valence-electron chi connectivity index (χ4n) is 0.754. The molecule has 0 bridgehead atoms. The first kappa shape index (κ1) is 9.25. The summed E-state index contributed by atoms with van der Waals surface area (Å²) in [4.78, 5) is 9.40. The number of nitrogens with zero attached hydrogens (tertiary/aromatic N) is 3. The first-order chi connectivity index (χ1) is 5.65. The molecule has 0 fully saturated rings. The standard InChI is InChI=1S/C7H10FN3S/c1-11(2)6-5(8)4-9-7(10-6)12-3/h4H,1-3H3. The highest BCUT2D eigenvalue weighted by atomic mass is 32.2. The number of halogens is 1. The summed E-state index contributed by atoms with van der Waals surface area (Å²) in [5.41, 5.74) is 0. The summed E-state index contributed by atoms with van der Waals surface area (Å²) >= 11 is 1.39. The molecule has 0 amide bonds. The van der Waals surface area contributed by atoms with Crippen LogP contribution in [0.3, 0.4) is 0 Å². The minimum atomic E-state index is -0.391. The van der Waals surface area contributed by atoms with Crippen LogP contribution in [0.4, 0.5) is 10.2 Å². The van der Waals surface area contributed by atoms with Crippen LogP contribution in [0.25, 0.3) is 0 Å². The van der Waals surface area contributed by atoms with E-state index < -0.39 is 5.82 Å². The molecule has 0 spiro atoms. The lowest BCUT2D eigenvalue weighted by atomic mass is 10.5. The van der Waals surface area contributed by atoms with E-state index in [9.17, 15) is 4.39 Å². The molecule has 0 aliphatic heterocycles. The Morgan fingerprint density at radius 3 is 2.67 bits per heavy atom. The van der Waals surface area contributed by atoms with Crippen molar-refractivity contribution in [3.8, 4) is 0 Å². The maximum absolute atomic E-state index is 13.0. The number of thioether (sulfide) groups is 1. The zero-order chi connectivity index (χ0) is 9.14. The van der Waals surface area contributed by atoms with E-state index in [1.165, 1.54) is 18.0 Å². The summed E-state index contributed by atoms with van der Waals surface area (Å²) in [6, 6.07) is 0. The molecule has 12 heavy (non-hydrogen) atoms. The van der Waals surface area contributed by atoms with E-state index in [0.29, 0.717) is 11.0 Å². The summed E-state index contributed by atoms with van der Waals surface area (Å²) in [5, 5.41) is 0.583. The van der Waals surface area contributed by atoms with Crippen LogP contribution in [0.15, 0.2) is 11.4 Å². The highest BCUT2D eigenvalue weighted by molar-refractivity contribution is 7.98. The molecule has 1 rings (SSSR count). The molecule has 0 N–H and O–H groups in total. The van der Waals surface area contributed by atoms with Gasteiger partial charge in [-0.15, -0.1) is 0 Å². The van der Waals surface area contributed by atoms with Gasteiger partial charge in [-0.25, -0.2) is 14.4 Å². The first-order valence-corrected chi connectivity index (χ1v) is 4.61. The van der Waals surface area contributed by atoms with Crippen LogP contribution in [-0.2, 0) is 0 Å². The Morgan fingerprint density at radius 1 is 1.50 bits per heavy atom. The zero-order valence-corrected chi connectivity index (χ0v) is 8.02. The molecule has 0 unspecified atom stereocenters. The number of aromatic nitrogens is 2. The number of rotatable bonds is 2. The van der Waals surface area contributed by atoms with E-state index in [1.807, 2.05) is 6.26 Å². The van der Waals surface area contributed by atoms with Gasteiger partial charge in [-0.3, -0.25) is 0 Å². The molecule has 1 aromatic heterocycles. The first-order valence-electron chi connectivity index (χ1n) is 3.39. The lowest BCUT2D eigenvalue weighted by Gasteiger charge is -2.11. The Kier molecular flexibility index (Phi) is 2.86. The molecular formula is C7H10FN3S. The molecule has 1 heterocycles. The summed E-state index contributed by atoms with van der Waals surface area (Å²) in [7, 11) is 3.49. The molecule has 0 aromatic carbocycles. The van der Waals surface area contributed by atoms with E-state index >= 15 is 0 Å². The van der Waals surface area contributed by atoms with Gasteiger partial charge < -0.3 is 4.90 Å². The molecule has 0 saturated carbocycles. The third-order valence-corrected chi connectivity index (χ3v) is 1.87. The number of anilines is 1. The molecule has 0 saturated heterocycles. The second-order valence-electron chi connectivity index (χ2n) is 2.42. The predicted molar refractivity (Wildman–Crippen MR) is 48.1 cm³/mol. The number of hydrogen-bond acceptors (Lipinski definition) is 4. The molecule has 0 aliphatic carbocycles. The average Bonchev–Trinajstić information content (AvgIpc) is 2.05. The van der Waals surface area contributed by atoms with Crippen LogP contribution in [-0.4, -0.2) is 30.3 Å². The summed E-state index contributed by atoms with van der Waals surface area (Å²) in [6.07, 6.45) is 3.04. The lowest BCUT2D eigenvalue weighted by molar-refractivity contribution is 0.604. The van der Waals surface area contributed by atoms with Crippen molar-refractivity contribution in [2.75, 3.05) is 25.3 Å². The van der Waals surface area contributed by atoms with E-state index in [1.54, 1.807) is 19.0 Å². The van der Waals surface area contributed by atoms with Crippen molar-refractivity contribution in [2.45, 2.75) is 5.16 Å². The Hall–Kier alpha value is -0.840. The van der Waals surface area contributed by atoms with Crippen molar-refractivity contribution in [1.29, 1.82) is 0 Å². The number of hydrogen-bond donors (Lipinski definition) is 0. The van der Waals surface area contributed by atoms with Crippen molar-refractivity contribution in [1.82, 2.24) is 9.97 Å². The van der Waals surface area contributed by atoms with Gasteiger partial charge in [-0.05, 0) is 6.26 Å². The van der Waals surface area contributed by atoms with Gasteiger partial charge >= 0.3 is 0 Å². The molecular weight excluding hydrogens is 177 g/mol. The topological polar surface area (TPSA) is 29.0 Å². The zero-order valence-electron chi connectivity index (χ0n) is 7.21. The third-order valence-electron chi connectivity index (χ3n) is 1.31. The SMILES string of the molecule is CSc1ncc(F)c(N(C)C)n1. The fourth-order valence-corrected chi connectivity index (χ4v) is 1.09. The lowest BCUT2D eigenvalue weighted by Crippen LogP contribution is -2.13. The van der Waals surface area contributed by atoms with Gasteiger partial charge in [0.15, 0.2) is 16.8 Å². The summed E-state index contributed by atoms with van der Waals surface area (Å²) in [6.45, 7) is 0. The summed E-state index contributed by atoms with van der Waals surface area (Å²) in [5.74, 6) is -0.0628. The van der Waals surface area contributed by atoms with Crippen LogP contribution >= 0.6 is 11.8 Å². The van der Waals surface area contributed by atoms with Crippen molar-refractivity contribution < 1.29 is 4.39 Å². The minimum Gasteiger partial charge on any atom is -0.360 e. The average molecular weight is 187 g/mol. The molecule has 0 aliphatic rings. The van der Waals surface area contributed by atoms with Gasteiger partial charge in [-0.2, -0.15) is 0 Å². The van der Waals surface area contributed by atoms with Crippen LogP contribution in [0.1, 0.15) is 0 Å². The van der Waals surface area contributed by atoms with Gasteiger partial charge in [-0.1, -0.05) is 11.8 Å². The minimum absolute atomic E-state index is 0.328. The van der Waals surface area contributed by atoms with Crippen molar-refractivity contribution in [3.05, 3.63) is 12.0 Å². The van der Waals surface area contributed by atoms with Crippen LogP contribution in [0, 0.1) is 5.82 Å². The van der Waals surface area contributed by atoms with Gasteiger partial charge in [0.05, 0.1) is 6.20 Å². The van der Waals surface area contributed by atoms with Gasteiger partial charge in [0, 0.05) is 14.1 Å².